The SMILES string of the molecule is Cc1sc(C2CCCCC2)nc1CC(=O)N1C[C@H](OCc2ccc(Cl)cc2)C[C@H]1C(=O)C[C@@H](CCCCN)C(=O)c1noc(Cc2ccccc2)n1. The summed E-state index contributed by atoms with van der Waals surface area (Å²) < 4.78 is 11.7. The van der Waals surface area contributed by atoms with E-state index in [2.05, 4.69) is 10.1 Å². The van der Waals surface area contributed by atoms with Gasteiger partial charge in [-0.25, -0.2) is 4.98 Å². The Balaban J connectivity index is 1.18. The van der Waals surface area contributed by atoms with Crippen LogP contribution in [0.2, 0.25) is 5.02 Å². The number of carbonyl (C=O) groups is 3. The Morgan fingerprint density at radius 3 is 2.54 bits per heavy atom. The van der Waals surface area contributed by atoms with E-state index in [0.29, 0.717) is 62.1 Å². The maximum absolute atomic E-state index is 14.3. The van der Waals surface area contributed by atoms with Gasteiger partial charge in [-0.15, -0.1) is 11.3 Å². The second-order valence-electron chi connectivity index (χ2n) is 14.1. The minimum Gasteiger partial charge on any atom is -0.372 e. The zero-order chi connectivity index (χ0) is 36.5. The van der Waals surface area contributed by atoms with Crippen molar-refractivity contribution >= 4 is 40.4 Å². The molecule has 0 bridgehead atoms. The van der Waals surface area contributed by atoms with Gasteiger partial charge in [0.2, 0.25) is 23.4 Å². The molecule has 4 aromatic rings. The molecule has 10 nitrogen and oxygen atoms in total. The number of benzene rings is 2. The van der Waals surface area contributed by atoms with Crippen LogP contribution in [0.15, 0.2) is 59.1 Å². The molecule has 2 aliphatic rings. The number of carbonyl (C=O) groups excluding carboxylic acids is 3. The number of rotatable bonds is 17. The molecule has 1 saturated heterocycles. The molecule has 6 rings (SSSR count). The maximum Gasteiger partial charge on any atom is 0.238 e. The van der Waals surface area contributed by atoms with Crippen molar-refractivity contribution in [3.63, 3.8) is 0 Å². The van der Waals surface area contributed by atoms with Crippen LogP contribution in [0.3, 0.4) is 0 Å². The smallest absolute Gasteiger partial charge is 0.238 e. The molecule has 1 aliphatic carbocycles. The molecule has 52 heavy (non-hydrogen) atoms. The van der Waals surface area contributed by atoms with Crippen molar-refractivity contribution in [1.29, 1.82) is 0 Å². The number of ketones is 2. The molecular weight excluding hydrogens is 698 g/mol. The fourth-order valence-corrected chi connectivity index (χ4v) is 8.53. The van der Waals surface area contributed by atoms with E-state index in [9.17, 15) is 14.4 Å². The second kappa shape index (κ2) is 18.3. The lowest BCUT2D eigenvalue weighted by molar-refractivity contribution is -0.137. The van der Waals surface area contributed by atoms with Crippen LogP contribution in [-0.4, -0.2) is 62.7 Å². The molecule has 0 unspecified atom stereocenters. The first-order valence-electron chi connectivity index (χ1n) is 18.5. The van der Waals surface area contributed by atoms with Gasteiger partial charge in [0.1, 0.15) is 0 Å². The predicted molar refractivity (Wildman–Crippen MR) is 200 cm³/mol. The normalized spacial score (nSPS) is 18.5. The molecule has 3 heterocycles. The van der Waals surface area contributed by atoms with E-state index in [1.54, 1.807) is 16.2 Å². The van der Waals surface area contributed by atoms with Crippen molar-refractivity contribution in [3.05, 3.63) is 98.0 Å². The standard InChI is InChI=1S/C40H48ClN5O5S/c1-26-33(43-40(52-26)29-12-6-3-7-13-29)23-37(48)46-24-32(50-25-28-15-17-31(41)18-16-28)22-34(46)35(47)21-30(14-8-9-19-42)38(49)39-44-36(51-45-39)20-27-10-4-2-5-11-27/h2,4-5,10-11,15-18,29-30,32,34H,3,6-9,12-14,19-25,42H2,1H3/t30-,32-,34+/m1/s1. The highest BCUT2D eigenvalue weighted by Gasteiger charge is 2.41. The predicted octanol–water partition coefficient (Wildman–Crippen LogP) is 7.44. The fourth-order valence-electron chi connectivity index (χ4n) is 7.30. The van der Waals surface area contributed by atoms with Crippen molar-refractivity contribution < 1.29 is 23.6 Å². The van der Waals surface area contributed by atoms with Crippen molar-refractivity contribution in [2.75, 3.05) is 13.1 Å². The number of hydrogen-bond donors (Lipinski definition) is 1. The number of amides is 1. The first-order chi connectivity index (χ1) is 25.3. The highest BCUT2D eigenvalue weighted by molar-refractivity contribution is 7.11. The summed E-state index contributed by atoms with van der Waals surface area (Å²) in [5, 5.41) is 5.76. The molecule has 1 amide bonds. The van der Waals surface area contributed by atoms with E-state index in [-0.39, 0.29) is 48.8 Å². The van der Waals surface area contributed by atoms with Gasteiger partial charge in [-0.3, -0.25) is 14.4 Å². The summed E-state index contributed by atoms with van der Waals surface area (Å²) in [6.07, 6.45) is 8.25. The average Bonchev–Trinajstić information content (AvgIpc) is 3.90. The number of aryl methyl sites for hydroxylation is 1. The Kier molecular flexibility index (Phi) is 13.4. The number of ether oxygens (including phenoxy) is 1. The zero-order valence-electron chi connectivity index (χ0n) is 29.8. The van der Waals surface area contributed by atoms with Crippen molar-refractivity contribution in [2.24, 2.45) is 11.7 Å². The van der Waals surface area contributed by atoms with E-state index in [0.717, 1.165) is 39.5 Å². The third kappa shape index (κ3) is 10.0. The number of aromatic nitrogens is 3. The van der Waals surface area contributed by atoms with Crippen LogP contribution in [0.25, 0.3) is 0 Å². The Bertz CT molecular complexity index is 1790. The minimum absolute atomic E-state index is 0.0345. The minimum atomic E-state index is -0.733. The van der Waals surface area contributed by atoms with Gasteiger partial charge in [0.15, 0.2) is 5.78 Å². The van der Waals surface area contributed by atoms with Crippen molar-refractivity contribution in [2.45, 2.75) is 109 Å². The third-order valence-corrected chi connectivity index (χ3v) is 11.7. The van der Waals surface area contributed by atoms with Crippen LogP contribution in [0, 0.1) is 12.8 Å². The van der Waals surface area contributed by atoms with Gasteiger partial charge in [-0.2, -0.15) is 4.98 Å². The number of thiazole rings is 1. The number of unbranched alkanes of at least 4 members (excludes halogenated alkanes) is 1. The van der Waals surface area contributed by atoms with Crippen LogP contribution in [-0.2, 0) is 33.8 Å². The molecule has 1 aliphatic heterocycles. The van der Waals surface area contributed by atoms with Gasteiger partial charge in [0.05, 0.1) is 42.3 Å². The number of halogens is 1. The van der Waals surface area contributed by atoms with Gasteiger partial charge in [-0.05, 0) is 62.4 Å². The van der Waals surface area contributed by atoms with Crippen molar-refractivity contribution in [3.8, 4) is 0 Å². The summed E-state index contributed by atoms with van der Waals surface area (Å²) in [5.41, 5.74) is 8.49. The number of nitrogens with zero attached hydrogens (tertiary/aromatic N) is 4. The van der Waals surface area contributed by atoms with E-state index < -0.39 is 12.0 Å². The lowest BCUT2D eigenvalue weighted by atomic mass is 9.89. The summed E-state index contributed by atoms with van der Waals surface area (Å²) in [6.45, 7) is 3.11. The molecule has 0 radical (unpaired) electrons. The quantitative estimate of drug-likeness (QED) is 0.0862. The van der Waals surface area contributed by atoms with Crippen molar-refractivity contribution in [1.82, 2.24) is 20.0 Å². The molecular formula is C40H48ClN5O5S. The van der Waals surface area contributed by atoms with Gasteiger partial charge in [0, 0.05) is 41.1 Å². The number of hydrogen-bond acceptors (Lipinski definition) is 10. The molecule has 276 valence electrons. The van der Waals surface area contributed by atoms with Gasteiger partial charge in [-0.1, -0.05) is 84.9 Å². The first-order valence-corrected chi connectivity index (χ1v) is 19.7. The largest absolute Gasteiger partial charge is 0.372 e. The summed E-state index contributed by atoms with van der Waals surface area (Å²) in [5.74, 6) is -0.599. The molecule has 2 fully saturated rings. The molecule has 2 aromatic heterocycles. The fraction of sp³-hybridized carbons (Fsp3) is 0.500. The van der Waals surface area contributed by atoms with E-state index >= 15 is 0 Å². The monoisotopic (exact) mass is 745 g/mol. The highest BCUT2D eigenvalue weighted by atomic mass is 35.5. The molecule has 12 heteroatoms. The van der Waals surface area contributed by atoms with Crippen LogP contribution in [0.4, 0.5) is 0 Å². The summed E-state index contributed by atoms with van der Waals surface area (Å²) in [6, 6.07) is 16.4. The lowest BCUT2D eigenvalue weighted by Gasteiger charge is -2.25. The average molecular weight is 746 g/mol. The molecule has 2 aromatic carbocycles. The number of Topliss-reactive ketones (excluding diaryl/α,β-unsaturated/α-hetero) is 2. The molecule has 1 saturated carbocycles. The summed E-state index contributed by atoms with van der Waals surface area (Å²) >= 11 is 7.77. The van der Waals surface area contributed by atoms with Gasteiger partial charge < -0.3 is 19.9 Å². The number of likely N-dealkylation sites (tertiary alicyclic amines) is 1. The van der Waals surface area contributed by atoms with Crippen LogP contribution in [0.1, 0.15) is 113 Å². The molecule has 0 spiro atoms. The second-order valence-corrected chi connectivity index (χ2v) is 15.8. The first kappa shape index (κ1) is 38.0. The maximum atomic E-state index is 14.3. The van der Waals surface area contributed by atoms with Crippen LogP contribution >= 0.6 is 22.9 Å². The Labute approximate surface area is 314 Å². The Hall–Kier alpha value is -3.77. The number of nitrogens with two attached hydrogens (primary N) is 1. The molecule has 3 atom stereocenters. The van der Waals surface area contributed by atoms with E-state index in [1.165, 1.54) is 19.3 Å². The summed E-state index contributed by atoms with van der Waals surface area (Å²) in [7, 11) is 0. The third-order valence-electron chi connectivity index (χ3n) is 10.2. The van der Waals surface area contributed by atoms with E-state index in [1.807, 2.05) is 61.5 Å². The van der Waals surface area contributed by atoms with Crippen LogP contribution in [0.5, 0.6) is 0 Å². The highest BCUT2D eigenvalue weighted by Crippen LogP contribution is 2.36. The molecule has 2 N–H and O–H groups in total. The van der Waals surface area contributed by atoms with Crippen LogP contribution < -0.4 is 5.73 Å². The lowest BCUT2D eigenvalue weighted by Crippen LogP contribution is -2.42. The van der Waals surface area contributed by atoms with Gasteiger partial charge in [0.25, 0.3) is 0 Å². The topological polar surface area (TPSA) is 142 Å². The van der Waals surface area contributed by atoms with E-state index in [4.69, 9.17) is 31.6 Å². The van der Waals surface area contributed by atoms with Gasteiger partial charge >= 0.3 is 0 Å². The Morgan fingerprint density at radius 2 is 1.79 bits per heavy atom. The summed E-state index contributed by atoms with van der Waals surface area (Å²) in [4.78, 5) is 54.2. The Morgan fingerprint density at radius 1 is 1.02 bits per heavy atom. The zero-order valence-corrected chi connectivity index (χ0v) is 31.4.